The molecule has 1 fully saturated rings. The average Bonchev–Trinajstić information content (AvgIpc) is 3.11. The molecule has 0 aliphatic carbocycles. The van der Waals surface area contributed by atoms with E-state index in [9.17, 15) is 14.2 Å². The van der Waals surface area contributed by atoms with Gasteiger partial charge in [0.1, 0.15) is 11.4 Å². The maximum Gasteiger partial charge on any atom is 0.359 e. The van der Waals surface area contributed by atoms with Crippen molar-refractivity contribution < 1.29 is 27.8 Å². The van der Waals surface area contributed by atoms with Crippen molar-refractivity contribution >= 4 is 38.2 Å². The summed E-state index contributed by atoms with van der Waals surface area (Å²) >= 11 is 0. The highest BCUT2D eigenvalue weighted by molar-refractivity contribution is 7.74. The van der Waals surface area contributed by atoms with Crippen LogP contribution in [0.4, 0.5) is 0 Å². The maximum atomic E-state index is 14.9. The van der Waals surface area contributed by atoms with E-state index >= 15 is 0 Å². The van der Waals surface area contributed by atoms with Crippen molar-refractivity contribution in [3.8, 4) is 0 Å². The molecule has 2 aromatic carbocycles. The molecule has 1 saturated heterocycles. The zero-order valence-corrected chi connectivity index (χ0v) is 27.8. The lowest BCUT2D eigenvalue weighted by Crippen LogP contribution is -2.65. The number of esters is 1. The molecular formula is C32H44NO6PSi. The molecule has 2 aliphatic heterocycles. The number of β-lactam (4-membered cyclic amide) rings is 1. The lowest BCUT2D eigenvalue weighted by molar-refractivity contribution is -0.166. The molecular weight excluding hydrogens is 553 g/mol. The van der Waals surface area contributed by atoms with Gasteiger partial charge in [-0.3, -0.25) is 14.3 Å². The molecule has 0 saturated carbocycles. The van der Waals surface area contributed by atoms with E-state index in [0.29, 0.717) is 10.6 Å². The van der Waals surface area contributed by atoms with Crippen molar-refractivity contribution in [1.82, 2.24) is 4.90 Å². The molecule has 41 heavy (non-hydrogen) atoms. The van der Waals surface area contributed by atoms with Crippen LogP contribution in [0.25, 0.3) is 0 Å². The first-order chi connectivity index (χ1) is 18.9. The first-order valence-corrected chi connectivity index (χ1v) is 18.8. The van der Waals surface area contributed by atoms with Crippen molar-refractivity contribution in [2.75, 3.05) is 0 Å². The standard InChI is InChI=1S/C32H44NO6PSi/c1-21-26-25(22(2)39-41(9,10)32(6,7)8)29(34)33(26)27(30(35)37-31(3,4)5)28(21)38-40(36,23-17-13-11-14-18-23)24-19-15-12-16-20-24/h11-22,25-26H,1-10H3/t21-,22-,25+,26?/m1/s1. The molecule has 2 aliphatic rings. The molecule has 222 valence electrons. The zero-order chi connectivity index (χ0) is 30.5. The molecule has 4 atom stereocenters. The highest BCUT2D eigenvalue weighted by Crippen LogP contribution is 2.55. The second-order valence-electron chi connectivity index (χ2n) is 13.6. The number of fused-ring (bicyclic) bond motifs is 1. The minimum absolute atomic E-state index is 0.0265. The summed E-state index contributed by atoms with van der Waals surface area (Å²) in [6.45, 7) is 20.0. The summed E-state index contributed by atoms with van der Waals surface area (Å²) in [7, 11) is -5.89. The fourth-order valence-electron chi connectivity index (χ4n) is 5.30. The molecule has 2 aromatic rings. The summed E-state index contributed by atoms with van der Waals surface area (Å²) in [5, 5.41) is 0.976. The van der Waals surface area contributed by atoms with Gasteiger partial charge in [0.25, 0.3) is 0 Å². The van der Waals surface area contributed by atoms with Gasteiger partial charge in [-0.2, -0.15) is 0 Å². The van der Waals surface area contributed by atoms with Crippen LogP contribution in [0, 0.1) is 11.8 Å². The Labute approximate surface area is 245 Å². The van der Waals surface area contributed by atoms with Gasteiger partial charge >= 0.3 is 13.3 Å². The molecule has 0 N–H and O–H groups in total. The van der Waals surface area contributed by atoms with Gasteiger partial charge in [0.15, 0.2) is 14.0 Å². The van der Waals surface area contributed by atoms with Crippen LogP contribution >= 0.6 is 7.37 Å². The monoisotopic (exact) mass is 597 g/mol. The number of rotatable bonds is 8. The average molecular weight is 598 g/mol. The number of benzene rings is 2. The van der Waals surface area contributed by atoms with E-state index in [4.69, 9.17) is 13.7 Å². The molecule has 0 aromatic heterocycles. The lowest BCUT2D eigenvalue weighted by Gasteiger charge is -2.49. The van der Waals surface area contributed by atoms with Crippen LogP contribution in [-0.4, -0.2) is 42.8 Å². The van der Waals surface area contributed by atoms with Crippen molar-refractivity contribution in [1.29, 1.82) is 0 Å². The van der Waals surface area contributed by atoms with E-state index in [2.05, 4.69) is 33.9 Å². The second-order valence-corrected chi connectivity index (χ2v) is 20.7. The minimum Gasteiger partial charge on any atom is -0.455 e. The molecule has 4 rings (SSSR count). The summed E-state index contributed by atoms with van der Waals surface area (Å²) in [4.78, 5) is 29.0. The lowest BCUT2D eigenvalue weighted by atomic mass is 9.79. The Morgan fingerprint density at radius 1 is 0.927 bits per heavy atom. The van der Waals surface area contributed by atoms with E-state index in [0.717, 1.165) is 0 Å². The minimum atomic E-state index is -3.71. The van der Waals surface area contributed by atoms with E-state index < -0.39 is 39.1 Å². The highest BCUT2D eigenvalue weighted by atomic mass is 31.2. The number of carbonyl (C=O) groups excluding carboxylic acids is 2. The Kier molecular flexibility index (Phi) is 8.29. The van der Waals surface area contributed by atoms with Crippen LogP contribution in [0.1, 0.15) is 55.4 Å². The molecule has 2 heterocycles. The number of hydrogen-bond acceptors (Lipinski definition) is 6. The van der Waals surface area contributed by atoms with Gasteiger partial charge in [-0.25, -0.2) is 4.79 Å². The Hall–Kier alpha value is -2.67. The van der Waals surface area contributed by atoms with E-state index in [1.807, 2.05) is 50.2 Å². The third-order valence-electron chi connectivity index (χ3n) is 8.39. The van der Waals surface area contributed by atoms with Crippen LogP contribution in [0.2, 0.25) is 18.1 Å². The molecule has 9 heteroatoms. The fourth-order valence-corrected chi connectivity index (χ4v) is 8.90. The predicted octanol–water partition coefficient (Wildman–Crippen LogP) is 6.37. The molecule has 1 amide bonds. The van der Waals surface area contributed by atoms with E-state index in [-0.39, 0.29) is 34.5 Å². The first kappa shape index (κ1) is 31.3. The number of carbonyl (C=O) groups is 2. The van der Waals surface area contributed by atoms with Crippen LogP contribution in [0.5, 0.6) is 0 Å². The fraction of sp³-hybridized carbons (Fsp3) is 0.500. The topological polar surface area (TPSA) is 82.1 Å². The van der Waals surface area contributed by atoms with Crippen LogP contribution in [0.3, 0.4) is 0 Å². The number of nitrogens with zero attached hydrogens (tertiary/aromatic N) is 1. The summed E-state index contributed by atoms with van der Waals surface area (Å²) in [6.07, 6.45) is -0.360. The third-order valence-corrected chi connectivity index (χ3v) is 15.4. The number of ether oxygens (including phenoxy) is 1. The summed E-state index contributed by atoms with van der Waals surface area (Å²) in [5.74, 6) is -1.53. The van der Waals surface area contributed by atoms with E-state index in [1.165, 1.54) is 4.90 Å². The van der Waals surface area contributed by atoms with Crippen LogP contribution < -0.4 is 10.6 Å². The second kappa shape index (κ2) is 10.9. The SMILES string of the molecule is C[C@H]1C(OP(=O)(c2ccccc2)c2ccccc2)=C(C(=O)OC(C)(C)C)N2C(=O)[C@@H]([C@@H](C)O[Si](C)(C)C(C)(C)C)C12. The number of amides is 1. The van der Waals surface area contributed by atoms with Crippen molar-refractivity contribution in [2.45, 2.75) is 91.3 Å². The van der Waals surface area contributed by atoms with Crippen molar-refractivity contribution in [3.05, 3.63) is 72.1 Å². The summed E-state index contributed by atoms with van der Waals surface area (Å²) < 4.78 is 33.8. The van der Waals surface area contributed by atoms with Gasteiger partial charge < -0.3 is 13.7 Å². The Balaban J connectivity index is 1.78. The molecule has 0 spiro atoms. The van der Waals surface area contributed by atoms with Crippen molar-refractivity contribution in [2.24, 2.45) is 11.8 Å². The Morgan fingerprint density at radius 2 is 1.41 bits per heavy atom. The third kappa shape index (κ3) is 5.84. The van der Waals surface area contributed by atoms with E-state index in [1.54, 1.807) is 45.0 Å². The Morgan fingerprint density at radius 3 is 1.85 bits per heavy atom. The number of hydrogen-bond donors (Lipinski definition) is 0. The van der Waals surface area contributed by atoms with Crippen LogP contribution in [0.15, 0.2) is 72.1 Å². The Bertz CT molecular complexity index is 1330. The van der Waals surface area contributed by atoms with Gasteiger partial charge in [0.2, 0.25) is 5.91 Å². The smallest absolute Gasteiger partial charge is 0.359 e. The summed E-state index contributed by atoms with van der Waals surface area (Å²) in [5.41, 5.74) is -0.768. The van der Waals surface area contributed by atoms with Gasteiger partial charge in [-0.1, -0.05) is 64.1 Å². The van der Waals surface area contributed by atoms with Gasteiger partial charge in [0, 0.05) is 5.92 Å². The zero-order valence-electron chi connectivity index (χ0n) is 25.9. The normalized spacial score (nSPS) is 22.2. The van der Waals surface area contributed by atoms with Crippen molar-refractivity contribution in [3.63, 3.8) is 0 Å². The summed E-state index contributed by atoms with van der Waals surface area (Å²) in [6, 6.07) is 17.6. The molecule has 0 radical (unpaired) electrons. The van der Waals surface area contributed by atoms with Gasteiger partial charge in [0.05, 0.1) is 28.7 Å². The highest BCUT2D eigenvalue weighted by Gasteiger charge is 2.63. The largest absolute Gasteiger partial charge is 0.455 e. The van der Waals surface area contributed by atoms with Crippen LogP contribution in [-0.2, 0) is 27.8 Å². The molecule has 7 nitrogen and oxygen atoms in total. The quantitative estimate of drug-likeness (QED) is 0.152. The predicted molar refractivity (Wildman–Crippen MR) is 165 cm³/mol. The van der Waals surface area contributed by atoms with Gasteiger partial charge in [-0.05, 0) is 70.1 Å². The molecule has 1 unspecified atom stereocenters. The maximum absolute atomic E-state index is 14.9. The van der Waals surface area contributed by atoms with Gasteiger partial charge in [-0.15, -0.1) is 0 Å². The first-order valence-electron chi connectivity index (χ1n) is 14.3. The molecule has 0 bridgehead atoms.